The van der Waals surface area contributed by atoms with Crippen LogP contribution in [0.1, 0.15) is 12.5 Å². The summed E-state index contributed by atoms with van der Waals surface area (Å²) in [6, 6.07) is 14.6. The van der Waals surface area contributed by atoms with Crippen LogP contribution in [0.15, 0.2) is 53.6 Å². The van der Waals surface area contributed by atoms with Crippen LogP contribution in [-0.4, -0.2) is 11.5 Å². The van der Waals surface area contributed by atoms with Crippen LogP contribution in [0.5, 0.6) is 0 Å². The molecule has 0 spiro atoms. The third-order valence-corrected chi connectivity index (χ3v) is 3.40. The van der Waals surface area contributed by atoms with E-state index in [-0.39, 0.29) is 0 Å². The third-order valence-electron chi connectivity index (χ3n) is 2.34. The van der Waals surface area contributed by atoms with Crippen LogP contribution >= 0.6 is 11.8 Å². The second kappa shape index (κ2) is 6.30. The van der Waals surface area contributed by atoms with Crippen LogP contribution in [0.4, 0.5) is 5.82 Å². The summed E-state index contributed by atoms with van der Waals surface area (Å²) in [6.07, 6.45) is 1.85. The van der Waals surface area contributed by atoms with Crippen molar-refractivity contribution in [3.05, 3.63) is 54.2 Å². The summed E-state index contributed by atoms with van der Waals surface area (Å²) >= 11 is 1.83. The van der Waals surface area contributed by atoms with Gasteiger partial charge in [-0.15, -0.1) is 11.8 Å². The molecule has 2 nitrogen and oxygen atoms in total. The highest BCUT2D eigenvalue weighted by atomic mass is 32.2. The zero-order chi connectivity index (χ0) is 11.9. The molecule has 0 aliphatic carbocycles. The van der Waals surface area contributed by atoms with Crippen LogP contribution in [0.25, 0.3) is 0 Å². The Morgan fingerprint density at radius 2 is 2.00 bits per heavy atom. The molecule has 2 rings (SSSR count). The minimum atomic E-state index is 0.903. The van der Waals surface area contributed by atoms with Crippen molar-refractivity contribution in [2.45, 2.75) is 17.6 Å². The first-order chi connectivity index (χ1) is 8.38. The molecule has 88 valence electrons. The minimum Gasteiger partial charge on any atom is -0.370 e. The number of pyridine rings is 1. The topological polar surface area (TPSA) is 24.9 Å². The summed E-state index contributed by atoms with van der Waals surface area (Å²) in [5, 5.41) is 3.22. The summed E-state index contributed by atoms with van der Waals surface area (Å²) in [5.74, 6) is 1.95. The first kappa shape index (κ1) is 12.0. The first-order valence-corrected chi connectivity index (χ1v) is 6.73. The van der Waals surface area contributed by atoms with Gasteiger partial charge in [0.2, 0.25) is 0 Å². The molecule has 0 aliphatic rings. The largest absolute Gasteiger partial charge is 0.370 e. The highest BCUT2D eigenvalue weighted by molar-refractivity contribution is 7.98. The number of aromatic nitrogens is 1. The zero-order valence-corrected chi connectivity index (χ0v) is 10.7. The fourth-order valence-electron chi connectivity index (χ4n) is 1.52. The molecular formula is C14H16N2S. The lowest BCUT2D eigenvalue weighted by atomic mass is 10.2. The zero-order valence-electron chi connectivity index (χ0n) is 9.89. The van der Waals surface area contributed by atoms with E-state index in [1.165, 1.54) is 10.5 Å². The van der Waals surface area contributed by atoms with Crippen molar-refractivity contribution in [3.63, 3.8) is 0 Å². The van der Waals surface area contributed by atoms with E-state index in [0.29, 0.717) is 0 Å². The van der Waals surface area contributed by atoms with Gasteiger partial charge in [-0.05, 0) is 24.6 Å². The van der Waals surface area contributed by atoms with Crippen LogP contribution in [0, 0.1) is 0 Å². The fraction of sp³-hybridized carbons (Fsp3) is 0.214. The van der Waals surface area contributed by atoms with Gasteiger partial charge < -0.3 is 5.32 Å². The van der Waals surface area contributed by atoms with Gasteiger partial charge in [0.15, 0.2) is 0 Å². The Labute approximate surface area is 106 Å². The van der Waals surface area contributed by atoms with Crippen LogP contribution in [0.2, 0.25) is 0 Å². The minimum absolute atomic E-state index is 0.903. The number of hydrogen-bond acceptors (Lipinski definition) is 3. The number of nitrogens with one attached hydrogen (secondary N) is 1. The molecule has 0 saturated carbocycles. The lowest BCUT2D eigenvalue weighted by Crippen LogP contribution is -1.98. The van der Waals surface area contributed by atoms with Crippen molar-refractivity contribution in [2.24, 2.45) is 0 Å². The maximum absolute atomic E-state index is 4.26. The second-order valence-electron chi connectivity index (χ2n) is 3.68. The molecule has 1 aromatic carbocycles. The van der Waals surface area contributed by atoms with E-state index in [1.807, 2.05) is 24.0 Å². The molecule has 0 radical (unpaired) electrons. The molecule has 1 aromatic heterocycles. The molecule has 0 aliphatic heterocycles. The van der Waals surface area contributed by atoms with Crippen LogP contribution in [-0.2, 0) is 5.75 Å². The number of benzene rings is 1. The van der Waals surface area contributed by atoms with Gasteiger partial charge >= 0.3 is 0 Å². The molecule has 0 atom stereocenters. The van der Waals surface area contributed by atoms with E-state index in [4.69, 9.17) is 0 Å². The molecule has 0 saturated heterocycles. The number of nitrogens with zero attached hydrogens (tertiary/aromatic N) is 1. The average Bonchev–Trinajstić information content (AvgIpc) is 2.39. The molecular weight excluding hydrogens is 228 g/mol. The van der Waals surface area contributed by atoms with Crippen molar-refractivity contribution in [2.75, 3.05) is 11.9 Å². The fourth-order valence-corrected chi connectivity index (χ4v) is 2.40. The Kier molecular flexibility index (Phi) is 4.45. The van der Waals surface area contributed by atoms with E-state index in [0.717, 1.165) is 18.1 Å². The molecule has 1 heterocycles. The Morgan fingerprint density at radius 1 is 1.18 bits per heavy atom. The Bertz CT molecular complexity index is 457. The summed E-state index contributed by atoms with van der Waals surface area (Å²) in [5.41, 5.74) is 1.35. The van der Waals surface area contributed by atoms with Gasteiger partial charge in [-0.1, -0.05) is 30.3 Å². The quantitative estimate of drug-likeness (QED) is 0.810. The lowest BCUT2D eigenvalue weighted by Gasteiger charge is -2.05. The van der Waals surface area contributed by atoms with E-state index in [1.54, 1.807) is 0 Å². The predicted molar refractivity (Wildman–Crippen MR) is 74.4 cm³/mol. The van der Waals surface area contributed by atoms with Gasteiger partial charge in [0.1, 0.15) is 5.82 Å². The SMILES string of the molecule is CCNc1cc(SCc2ccccc2)ccn1. The van der Waals surface area contributed by atoms with E-state index >= 15 is 0 Å². The van der Waals surface area contributed by atoms with Gasteiger partial charge in [-0.25, -0.2) is 4.98 Å². The highest BCUT2D eigenvalue weighted by Crippen LogP contribution is 2.23. The Balaban J connectivity index is 1.97. The normalized spacial score (nSPS) is 10.2. The first-order valence-electron chi connectivity index (χ1n) is 5.75. The molecule has 2 aromatic rings. The van der Waals surface area contributed by atoms with E-state index in [2.05, 4.69) is 53.6 Å². The van der Waals surface area contributed by atoms with Crippen molar-refractivity contribution >= 4 is 17.6 Å². The maximum atomic E-state index is 4.26. The van der Waals surface area contributed by atoms with Gasteiger partial charge in [-0.3, -0.25) is 0 Å². The summed E-state index contributed by atoms with van der Waals surface area (Å²) in [7, 11) is 0. The number of rotatable bonds is 5. The number of thioether (sulfide) groups is 1. The smallest absolute Gasteiger partial charge is 0.126 e. The third kappa shape index (κ3) is 3.79. The van der Waals surface area contributed by atoms with Crippen LogP contribution in [0.3, 0.4) is 0 Å². The molecule has 0 unspecified atom stereocenters. The average molecular weight is 244 g/mol. The van der Waals surface area contributed by atoms with Gasteiger partial charge in [-0.2, -0.15) is 0 Å². The lowest BCUT2D eigenvalue weighted by molar-refractivity contribution is 1.14. The summed E-state index contributed by atoms with van der Waals surface area (Å²) in [4.78, 5) is 5.51. The molecule has 17 heavy (non-hydrogen) atoms. The molecule has 0 amide bonds. The summed E-state index contributed by atoms with van der Waals surface area (Å²) in [6.45, 7) is 2.98. The number of hydrogen-bond donors (Lipinski definition) is 1. The van der Waals surface area contributed by atoms with Crippen molar-refractivity contribution in [1.82, 2.24) is 4.98 Å². The van der Waals surface area contributed by atoms with Crippen LogP contribution < -0.4 is 5.32 Å². The standard InChI is InChI=1S/C14H16N2S/c1-2-15-14-10-13(8-9-16-14)17-11-12-6-4-3-5-7-12/h3-10H,2,11H2,1H3,(H,15,16). The number of anilines is 1. The van der Waals surface area contributed by atoms with Crippen molar-refractivity contribution in [1.29, 1.82) is 0 Å². The highest BCUT2D eigenvalue weighted by Gasteiger charge is 1.98. The molecule has 0 bridgehead atoms. The van der Waals surface area contributed by atoms with Gasteiger partial charge in [0.05, 0.1) is 0 Å². The molecule has 0 fully saturated rings. The summed E-state index contributed by atoms with van der Waals surface area (Å²) < 4.78 is 0. The maximum Gasteiger partial charge on any atom is 0.126 e. The van der Waals surface area contributed by atoms with Crippen molar-refractivity contribution in [3.8, 4) is 0 Å². The molecule has 3 heteroatoms. The Morgan fingerprint density at radius 3 is 2.76 bits per heavy atom. The van der Waals surface area contributed by atoms with Gasteiger partial charge in [0, 0.05) is 23.4 Å². The predicted octanol–water partition coefficient (Wildman–Crippen LogP) is 3.81. The Hall–Kier alpha value is -1.48. The van der Waals surface area contributed by atoms with Crippen molar-refractivity contribution < 1.29 is 0 Å². The van der Waals surface area contributed by atoms with E-state index in [9.17, 15) is 0 Å². The monoisotopic (exact) mass is 244 g/mol. The molecule has 1 N–H and O–H groups in total. The van der Waals surface area contributed by atoms with Gasteiger partial charge in [0.25, 0.3) is 0 Å². The van der Waals surface area contributed by atoms with E-state index < -0.39 is 0 Å². The second-order valence-corrected chi connectivity index (χ2v) is 4.73.